The topological polar surface area (TPSA) is 70.1 Å². The van der Waals surface area contributed by atoms with E-state index in [1.807, 2.05) is 10.8 Å². The Balaban J connectivity index is 2.21. The summed E-state index contributed by atoms with van der Waals surface area (Å²) in [7, 11) is 0. The van der Waals surface area contributed by atoms with Gasteiger partial charge in [-0.3, -0.25) is 0 Å². The number of amides is 1. The van der Waals surface area contributed by atoms with Gasteiger partial charge in [0.15, 0.2) is 0 Å². The maximum Gasteiger partial charge on any atom is 0.409 e. The Morgan fingerprint density at radius 1 is 1.33 bits per heavy atom. The second-order valence-corrected chi connectivity index (χ2v) is 2.88. The first-order valence-electron chi connectivity index (χ1n) is 4.31. The highest BCUT2D eigenvalue weighted by molar-refractivity contribution is 5.68. The lowest BCUT2D eigenvalue weighted by Gasteiger charge is -2.03. The summed E-state index contributed by atoms with van der Waals surface area (Å²) in [4.78, 5) is 14.4. The molecule has 15 heavy (non-hydrogen) atoms. The van der Waals surface area contributed by atoms with Crippen LogP contribution in [0.25, 0.3) is 5.69 Å². The van der Waals surface area contributed by atoms with Crippen LogP contribution in [-0.2, 0) is 0 Å². The van der Waals surface area contributed by atoms with Crippen LogP contribution in [0.4, 0.5) is 4.79 Å². The predicted molar refractivity (Wildman–Crippen MR) is 53.8 cm³/mol. The van der Waals surface area contributed by atoms with Crippen molar-refractivity contribution in [2.75, 3.05) is 0 Å². The van der Waals surface area contributed by atoms with Gasteiger partial charge in [0.2, 0.25) is 0 Å². The van der Waals surface area contributed by atoms with Crippen LogP contribution in [0.1, 0.15) is 0 Å². The van der Waals surface area contributed by atoms with E-state index in [9.17, 15) is 4.79 Å². The van der Waals surface area contributed by atoms with Crippen molar-refractivity contribution in [2.45, 2.75) is 0 Å². The summed E-state index contributed by atoms with van der Waals surface area (Å²) in [6.07, 6.45) is 4.38. The molecule has 0 radical (unpaired) electrons. The number of hydrogen-bond donors (Lipinski definition) is 1. The number of nitrogens with two attached hydrogens (primary N) is 1. The minimum absolute atomic E-state index is 0.423. The zero-order chi connectivity index (χ0) is 10.7. The quantitative estimate of drug-likeness (QED) is 0.800. The summed E-state index contributed by atoms with van der Waals surface area (Å²) in [5, 5.41) is 0. The number of nitrogens with zero attached hydrogens (tertiary/aromatic N) is 2. The molecule has 0 spiro atoms. The van der Waals surface area contributed by atoms with Gasteiger partial charge in [0.1, 0.15) is 5.75 Å². The Morgan fingerprint density at radius 3 is 2.60 bits per heavy atom. The van der Waals surface area contributed by atoms with E-state index in [2.05, 4.69) is 4.98 Å². The average molecular weight is 203 g/mol. The fourth-order valence-corrected chi connectivity index (χ4v) is 1.21. The first-order valence-corrected chi connectivity index (χ1v) is 4.31. The number of hydrogen-bond acceptors (Lipinski definition) is 3. The lowest BCUT2D eigenvalue weighted by atomic mass is 10.3. The van der Waals surface area contributed by atoms with E-state index in [1.54, 1.807) is 36.8 Å². The van der Waals surface area contributed by atoms with Gasteiger partial charge in [0.05, 0.1) is 6.33 Å². The number of rotatable bonds is 2. The minimum Gasteiger partial charge on any atom is -0.411 e. The molecule has 0 fully saturated rings. The van der Waals surface area contributed by atoms with E-state index in [1.165, 1.54) is 0 Å². The second-order valence-electron chi connectivity index (χ2n) is 2.88. The molecule has 0 aliphatic carbocycles. The van der Waals surface area contributed by atoms with Crippen LogP contribution in [-0.4, -0.2) is 15.6 Å². The highest BCUT2D eigenvalue weighted by Crippen LogP contribution is 2.14. The Bertz CT molecular complexity index is 448. The van der Waals surface area contributed by atoms with E-state index in [0.717, 1.165) is 5.69 Å². The zero-order valence-corrected chi connectivity index (χ0v) is 7.83. The number of ether oxygens (including phenoxy) is 1. The van der Waals surface area contributed by atoms with Crippen molar-refractivity contribution >= 4 is 6.09 Å². The van der Waals surface area contributed by atoms with Gasteiger partial charge in [-0.1, -0.05) is 0 Å². The van der Waals surface area contributed by atoms with E-state index < -0.39 is 6.09 Å². The second kappa shape index (κ2) is 3.83. The van der Waals surface area contributed by atoms with E-state index in [-0.39, 0.29) is 0 Å². The van der Waals surface area contributed by atoms with Crippen molar-refractivity contribution in [3.8, 4) is 11.4 Å². The normalized spacial score (nSPS) is 9.87. The highest BCUT2D eigenvalue weighted by Gasteiger charge is 1.99. The smallest absolute Gasteiger partial charge is 0.409 e. The fraction of sp³-hybridized carbons (Fsp3) is 0. The lowest BCUT2D eigenvalue weighted by molar-refractivity contribution is 0.211. The number of carbonyl (C=O) groups is 1. The first kappa shape index (κ1) is 9.26. The third kappa shape index (κ3) is 2.14. The third-order valence-corrected chi connectivity index (χ3v) is 1.86. The molecule has 1 aromatic heterocycles. The van der Waals surface area contributed by atoms with Crippen molar-refractivity contribution in [2.24, 2.45) is 5.73 Å². The van der Waals surface area contributed by atoms with Gasteiger partial charge < -0.3 is 15.0 Å². The molecule has 5 heteroatoms. The lowest BCUT2D eigenvalue weighted by Crippen LogP contribution is -2.16. The van der Waals surface area contributed by atoms with Crippen LogP contribution in [0.15, 0.2) is 43.0 Å². The molecule has 5 nitrogen and oxygen atoms in total. The van der Waals surface area contributed by atoms with E-state index in [4.69, 9.17) is 10.5 Å². The van der Waals surface area contributed by atoms with Gasteiger partial charge in [-0.15, -0.1) is 0 Å². The monoisotopic (exact) mass is 203 g/mol. The van der Waals surface area contributed by atoms with Crippen LogP contribution in [0.5, 0.6) is 5.75 Å². The Morgan fingerprint density at radius 2 is 2.07 bits per heavy atom. The Kier molecular flexibility index (Phi) is 2.37. The molecule has 0 unspecified atom stereocenters. The largest absolute Gasteiger partial charge is 0.411 e. The summed E-state index contributed by atoms with van der Waals surface area (Å²) in [6.45, 7) is 0. The first-order chi connectivity index (χ1) is 7.25. The molecule has 0 bridgehead atoms. The molecule has 1 heterocycles. The van der Waals surface area contributed by atoms with Crippen molar-refractivity contribution in [3.05, 3.63) is 43.0 Å². The summed E-state index contributed by atoms with van der Waals surface area (Å²) < 4.78 is 6.54. The van der Waals surface area contributed by atoms with Gasteiger partial charge in [0, 0.05) is 18.1 Å². The van der Waals surface area contributed by atoms with Crippen molar-refractivity contribution < 1.29 is 9.53 Å². The summed E-state index contributed by atoms with van der Waals surface area (Å²) in [5.41, 5.74) is 5.82. The van der Waals surface area contributed by atoms with Crippen LogP contribution in [0.2, 0.25) is 0 Å². The van der Waals surface area contributed by atoms with Crippen molar-refractivity contribution in [1.82, 2.24) is 9.55 Å². The van der Waals surface area contributed by atoms with Crippen molar-refractivity contribution in [3.63, 3.8) is 0 Å². The molecule has 0 saturated heterocycles. The standard InChI is InChI=1S/C10H9N3O2/c11-10(14)15-9-3-1-8(2-4-9)13-6-5-12-7-13/h1-7H,(H2,11,14). The molecule has 1 amide bonds. The number of primary amides is 1. The summed E-state index contributed by atoms with van der Waals surface area (Å²) >= 11 is 0. The maximum absolute atomic E-state index is 10.5. The maximum atomic E-state index is 10.5. The molecule has 0 aliphatic heterocycles. The van der Waals surface area contributed by atoms with Crippen LogP contribution >= 0.6 is 0 Å². The van der Waals surface area contributed by atoms with E-state index >= 15 is 0 Å². The van der Waals surface area contributed by atoms with Gasteiger partial charge in [-0.2, -0.15) is 0 Å². The van der Waals surface area contributed by atoms with Gasteiger partial charge in [0.25, 0.3) is 0 Å². The zero-order valence-electron chi connectivity index (χ0n) is 7.83. The number of imidazole rings is 1. The van der Waals surface area contributed by atoms with Gasteiger partial charge in [-0.25, -0.2) is 9.78 Å². The highest BCUT2D eigenvalue weighted by atomic mass is 16.5. The van der Waals surface area contributed by atoms with Crippen LogP contribution in [0.3, 0.4) is 0 Å². The van der Waals surface area contributed by atoms with Gasteiger partial charge >= 0.3 is 6.09 Å². The molecule has 0 saturated carbocycles. The number of carbonyl (C=O) groups excluding carboxylic acids is 1. The molecule has 2 aromatic rings. The van der Waals surface area contributed by atoms with Gasteiger partial charge in [-0.05, 0) is 24.3 Å². The van der Waals surface area contributed by atoms with E-state index in [0.29, 0.717) is 5.75 Å². The molecular weight excluding hydrogens is 194 g/mol. The molecule has 2 rings (SSSR count). The fourth-order valence-electron chi connectivity index (χ4n) is 1.21. The molecule has 2 N–H and O–H groups in total. The average Bonchev–Trinajstić information content (AvgIpc) is 2.71. The van der Waals surface area contributed by atoms with Crippen LogP contribution in [0, 0.1) is 0 Å². The SMILES string of the molecule is NC(=O)Oc1ccc(-n2ccnc2)cc1. The minimum atomic E-state index is -0.814. The number of benzene rings is 1. The predicted octanol–water partition coefficient (Wildman–Crippen LogP) is 1.33. The van der Waals surface area contributed by atoms with Crippen molar-refractivity contribution in [1.29, 1.82) is 0 Å². The molecule has 0 atom stereocenters. The summed E-state index contributed by atoms with van der Waals surface area (Å²) in [5.74, 6) is 0.423. The Labute approximate surface area is 86.1 Å². The number of aromatic nitrogens is 2. The molecule has 0 aliphatic rings. The molecule has 1 aromatic carbocycles. The molecular formula is C10H9N3O2. The summed E-state index contributed by atoms with van der Waals surface area (Å²) in [6, 6.07) is 6.94. The van der Waals surface area contributed by atoms with Crippen LogP contribution < -0.4 is 10.5 Å². The molecule has 76 valence electrons. The third-order valence-electron chi connectivity index (χ3n) is 1.86. The Hall–Kier alpha value is -2.30.